The van der Waals surface area contributed by atoms with Crippen LogP contribution in [0.3, 0.4) is 0 Å². The number of piperazine rings is 1. The van der Waals surface area contributed by atoms with Crippen LogP contribution in [0, 0.1) is 0 Å². The Kier molecular flexibility index (Phi) is 4.76. The smallest absolute Gasteiger partial charge is 0.345 e. The van der Waals surface area contributed by atoms with Gasteiger partial charge in [0.1, 0.15) is 4.88 Å². The molecule has 2 heterocycles. The Balaban J connectivity index is 2.09. The first-order valence-electron chi connectivity index (χ1n) is 6.10. The number of sulfonamides is 1. The minimum Gasteiger partial charge on any atom is -0.477 e. The molecule has 0 atom stereocenters. The topological polar surface area (TPSA) is 98.1 Å². The molecule has 1 aliphatic rings. The molecule has 2 N–H and O–H groups in total. The first-order valence-corrected chi connectivity index (χ1v) is 8.42. The predicted molar refractivity (Wildman–Crippen MR) is 73.6 cm³/mol. The molecule has 0 amide bonds. The second kappa shape index (κ2) is 6.19. The summed E-state index contributed by atoms with van der Waals surface area (Å²) < 4.78 is 26.1. The van der Waals surface area contributed by atoms with Crippen LogP contribution in [0.2, 0.25) is 0 Å². The van der Waals surface area contributed by atoms with E-state index in [-0.39, 0.29) is 16.4 Å². The average molecular weight is 320 g/mol. The lowest BCUT2D eigenvalue weighted by Crippen LogP contribution is -2.49. The largest absolute Gasteiger partial charge is 0.477 e. The SMILES string of the molecule is O=C(O)c1cc(S(=O)(=O)N2CCN(CCO)CC2)cs1. The number of β-amino-alcohol motifs (C(OH)–C–C–N with tert-alkyl or cyclic N) is 1. The third-order valence-electron chi connectivity index (χ3n) is 3.17. The first kappa shape index (κ1) is 15.4. The molecule has 1 aromatic heterocycles. The number of hydrogen-bond donors (Lipinski definition) is 2. The van der Waals surface area contributed by atoms with Crippen molar-refractivity contribution in [2.24, 2.45) is 0 Å². The van der Waals surface area contributed by atoms with Crippen molar-refractivity contribution in [3.8, 4) is 0 Å². The van der Waals surface area contributed by atoms with Gasteiger partial charge in [-0.1, -0.05) is 0 Å². The van der Waals surface area contributed by atoms with Gasteiger partial charge in [0, 0.05) is 38.1 Å². The molecule has 0 unspecified atom stereocenters. The van der Waals surface area contributed by atoms with Gasteiger partial charge in [-0.2, -0.15) is 4.31 Å². The zero-order valence-corrected chi connectivity index (χ0v) is 12.4. The fraction of sp³-hybridized carbons (Fsp3) is 0.545. The third kappa shape index (κ3) is 3.18. The molecule has 0 spiro atoms. The number of carboxylic acids is 1. The molecule has 0 aliphatic carbocycles. The molecule has 7 nitrogen and oxygen atoms in total. The molecule has 1 aromatic rings. The van der Waals surface area contributed by atoms with Crippen LogP contribution >= 0.6 is 11.3 Å². The van der Waals surface area contributed by atoms with Crippen molar-refractivity contribution >= 4 is 27.3 Å². The lowest BCUT2D eigenvalue weighted by molar-refractivity contribution is 0.0702. The van der Waals surface area contributed by atoms with Crippen molar-refractivity contribution in [2.45, 2.75) is 4.90 Å². The van der Waals surface area contributed by atoms with E-state index in [9.17, 15) is 13.2 Å². The highest BCUT2D eigenvalue weighted by atomic mass is 32.2. The Labute approximate surface area is 121 Å². The van der Waals surface area contributed by atoms with Gasteiger partial charge in [0.2, 0.25) is 10.0 Å². The third-order valence-corrected chi connectivity index (χ3v) is 6.12. The fourth-order valence-electron chi connectivity index (χ4n) is 2.05. The van der Waals surface area contributed by atoms with Crippen LogP contribution in [-0.2, 0) is 10.0 Å². The van der Waals surface area contributed by atoms with Gasteiger partial charge in [-0.25, -0.2) is 13.2 Å². The second-order valence-corrected chi connectivity index (χ2v) is 7.27. The van der Waals surface area contributed by atoms with Gasteiger partial charge in [-0.05, 0) is 6.07 Å². The molecule has 2 rings (SSSR count). The number of nitrogens with zero attached hydrogens (tertiary/aromatic N) is 2. The summed E-state index contributed by atoms with van der Waals surface area (Å²) in [6.45, 7) is 2.42. The number of carboxylic acid groups (broad SMARTS) is 1. The highest BCUT2D eigenvalue weighted by molar-refractivity contribution is 7.89. The average Bonchev–Trinajstić information content (AvgIpc) is 2.90. The minimum atomic E-state index is -3.62. The molecule has 1 fully saturated rings. The molecular formula is C11H16N2O5S2. The number of carbonyl (C=O) groups is 1. The normalized spacial score (nSPS) is 18.2. The van der Waals surface area contributed by atoms with Gasteiger partial charge < -0.3 is 10.2 Å². The van der Waals surface area contributed by atoms with Gasteiger partial charge in [-0.15, -0.1) is 11.3 Å². The quantitative estimate of drug-likeness (QED) is 0.776. The zero-order chi connectivity index (χ0) is 14.8. The van der Waals surface area contributed by atoms with Gasteiger partial charge in [0.25, 0.3) is 0 Å². The molecule has 112 valence electrons. The maximum atomic E-state index is 12.4. The van der Waals surface area contributed by atoms with Crippen molar-refractivity contribution in [3.63, 3.8) is 0 Å². The molecule has 1 aliphatic heterocycles. The van der Waals surface area contributed by atoms with Crippen molar-refractivity contribution in [2.75, 3.05) is 39.3 Å². The molecule has 0 bridgehead atoms. The van der Waals surface area contributed by atoms with E-state index in [4.69, 9.17) is 10.2 Å². The lowest BCUT2D eigenvalue weighted by atomic mass is 10.4. The maximum Gasteiger partial charge on any atom is 0.345 e. The summed E-state index contributed by atoms with van der Waals surface area (Å²) in [6.07, 6.45) is 0. The Morgan fingerprint density at radius 1 is 1.30 bits per heavy atom. The number of thiophene rings is 1. The molecule has 20 heavy (non-hydrogen) atoms. The van der Waals surface area contributed by atoms with Crippen LogP contribution in [0.4, 0.5) is 0 Å². The fourth-order valence-corrected chi connectivity index (χ4v) is 4.57. The standard InChI is InChI=1S/C11H16N2O5S2/c14-6-5-12-1-3-13(4-2-12)20(17,18)9-7-10(11(15)16)19-8-9/h7-8,14H,1-6H2,(H,15,16). The van der Waals surface area contributed by atoms with Crippen molar-refractivity contribution in [1.29, 1.82) is 0 Å². The zero-order valence-electron chi connectivity index (χ0n) is 10.7. The summed E-state index contributed by atoms with van der Waals surface area (Å²) in [5.74, 6) is -1.12. The van der Waals surface area contributed by atoms with E-state index in [1.165, 1.54) is 15.8 Å². The molecule has 9 heteroatoms. The summed E-state index contributed by atoms with van der Waals surface area (Å²) in [5, 5.41) is 19.0. The lowest BCUT2D eigenvalue weighted by Gasteiger charge is -2.33. The van der Waals surface area contributed by atoms with E-state index in [1.807, 2.05) is 4.90 Å². The van der Waals surface area contributed by atoms with Crippen LogP contribution < -0.4 is 0 Å². The second-order valence-electron chi connectivity index (χ2n) is 4.42. The summed E-state index contributed by atoms with van der Waals surface area (Å²) in [4.78, 5) is 12.8. The Bertz CT molecular complexity index is 575. The Morgan fingerprint density at radius 3 is 2.45 bits per heavy atom. The number of aromatic carboxylic acids is 1. The maximum absolute atomic E-state index is 12.4. The van der Waals surface area contributed by atoms with E-state index in [2.05, 4.69) is 0 Å². The van der Waals surface area contributed by atoms with Crippen LogP contribution in [-0.4, -0.2) is 73.1 Å². The van der Waals surface area contributed by atoms with E-state index >= 15 is 0 Å². The van der Waals surface area contributed by atoms with E-state index < -0.39 is 16.0 Å². The molecule has 1 saturated heterocycles. The van der Waals surface area contributed by atoms with Crippen molar-refractivity contribution in [3.05, 3.63) is 16.3 Å². The molecule has 0 radical (unpaired) electrons. The number of hydrogen-bond acceptors (Lipinski definition) is 6. The van der Waals surface area contributed by atoms with Crippen LogP contribution in [0.1, 0.15) is 9.67 Å². The van der Waals surface area contributed by atoms with Crippen LogP contribution in [0.5, 0.6) is 0 Å². The minimum absolute atomic E-state index is 0.0162. The Morgan fingerprint density at radius 2 is 1.95 bits per heavy atom. The number of aliphatic hydroxyl groups excluding tert-OH is 1. The van der Waals surface area contributed by atoms with Crippen LogP contribution in [0.25, 0.3) is 0 Å². The highest BCUT2D eigenvalue weighted by Crippen LogP contribution is 2.23. The highest BCUT2D eigenvalue weighted by Gasteiger charge is 2.29. The summed E-state index contributed by atoms with van der Waals surface area (Å²) in [5.41, 5.74) is 0. The van der Waals surface area contributed by atoms with Gasteiger partial charge in [-0.3, -0.25) is 4.90 Å². The molecular weight excluding hydrogens is 304 g/mol. The summed E-state index contributed by atoms with van der Waals surface area (Å²) >= 11 is 0.908. The van der Waals surface area contributed by atoms with Crippen LogP contribution in [0.15, 0.2) is 16.3 Å². The van der Waals surface area contributed by atoms with Crippen molar-refractivity contribution < 1.29 is 23.4 Å². The summed E-state index contributed by atoms with van der Waals surface area (Å²) in [6, 6.07) is 1.20. The molecule has 0 saturated carbocycles. The van der Waals surface area contributed by atoms with E-state index in [0.29, 0.717) is 32.7 Å². The first-order chi connectivity index (χ1) is 9.45. The van der Waals surface area contributed by atoms with Gasteiger partial charge >= 0.3 is 5.97 Å². The van der Waals surface area contributed by atoms with Gasteiger partial charge in [0.05, 0.1) is 11.5 Å². The molecule has 0 aromatic carbocycles. The predicted octanol–water partition coefficient (Wildman–Crippen LogP) is -0.255. The van der Waals surface area contributed by atoms with E-state index in [1.54, 1.807) is 0 Å². The van der Waals surface area contributed by atoms with E-state index in [0.717, 1.165) is 11.3 Å². The number of rotatable bonds is 5. The number of aliphatic hydroxyl groups is 1. The van der Waals surface area contributed by atoms with Crippen molar-refractivity contribution in [1.82, 2.24) is 9.21 Å². The monoisotopic (exact) mass is 320 g/mol. The Hall–Kier alpha value is -1.00. The van der Waals surface area contributed by atoms with Gasteiger partial charge in [0.15, 0.2) is 0 Å². The summed E-state index contributed by atoms with van der Waals surface area (Å²) in [7, 11) is -3.62.